The fourth-order valence-corrected chi connectivity index (χ4v) is 2.72. The standard InChI is InChI=1S/C24H24F3N3O7/c1-5-15-6-7-19(18(25)10-15)37-22-17(23(32)29-35-9-8-28-34)11-16(20(26)21(22)27)12-30(14(2)31)36-13-24(3,4)33/h1,6-7,10-11,33H,8-9,12-13H2,2-4H3,(H,29,32). The van der Waals surface area contributed by atoms with Crippen molar-refractivity contribution in [3.63, 3.8) is 0 Å². The van der Waals surface area contributed by atoms with Crippen LogP contribution in [0, 0.1) is 34.7 Å². The molecule has 2 rings (SSSR count). The van der Waals surface area contributed by atoms with E-state index >= 15 is 8.78 Å². The lowest BCUT2D eigenvalue weighted by Gasteiger charge is -2.25. The summed E-state index contributed by atoms with van der Waals surface area (Å²) in [5, 5.41) is 13.0. The number of rotatable bonds is 12. The third kappa shape index (κ3) is 8.28. The maximum Gasteiger partial charge on any atom is 0.278 e. The number of carbonyl (C=O) groups is 2. The van der Waals surface area contributed by atoms with Crippen molar-refractivity contribution in [2.45, 2.75) is 32.9 Å². The highest BCUT2D eigenvalue weighted by molar-refractivity contribution is 5.96. The molecule has 0 aromatic heterocycles. The van der Waals surface area contributed by atoms with Gasteiger partial charge in [0.15, 0.2) is 23.1 Å². The lowest BCUT2D eigenvalue weighted by molar-refractivity contribution is -0.205. The molecule has 0 aliphatic heterocycles. The summed E-state index contributed by atoms with van der Waals surface area (Å²) < 4.78 is 49.9. The predicted octanol–water partition coefficient (Wildman–Crippen LogP) is 3.36. The Morgan fingerprint density at radius 1 is 1.22 bits per heavy atom. The highest BCUT2D eigenvalue weighted by Gasteiger charge is 2.28. The van der Waals surface area contributed by atoms with Crippen LogP contribution >= 0.6 is 0 Å². The van der Waals surface area contributed by atoms with Crippen LogP contribution in [0.25, 0.3) is 0 Å². The van der Waals surface area contributed by atoms with Crippen LogP contribution < -0.4 is 10.2 Å². The number of hydroxylamine groups is 3. The molecular weight excluding hydrogens is 499 g/mol. The van der Waals surface area contributed by atoms with Crippen molar-refractivity contribution in [3.8, 4) is 23.8 Å². The van der Waals surface area contributed by atoms with Gasteiger partial charge in [0.25, 0.3) is 5.91 Å². The van der Waals surface area contributed by atoms with Gasteiger partial charge in [-0.05, 0) is 38.1 Å². The highest BCUT2D eigenvalue weighted by atomic mass is 19.2. The van der Waals surface area contributed by atoms with E-state index in [1.807, 2.05) is 5.48 Å². The van der Waals surface area contributed by atoms with E-state index in [9.17, 15) is 24.0 Å². The summed E-state index contributed by atoms with van der Waals surface area (Å²) in [6.07, 6.45) is 5.21. The Morgan fingerprint density at radius 3 is 2.49 bits per heavy atom. The molecule has 10 nitrogen and oxygen atoms in total. The second-order valence-electron chi connectivity index (χ2n) is 8.21. The first-order chi connectivity index (χ1) is 17.4. The molecule has 0 aliphatic carbocycles. The van der Waals surface area contributed by atoms with Crippen LogP contribution in [-0.4, -0.2) is 47.3 Å². The van der Waals surface area contributed by atoms with Gasteiger partial charge >= 0.3 is 0 Å². The van der Waals surface area contributed by atoms with Crippen molar-refractivity contribution < 1.29 is 42.3 Å². The number of nitrogens with one attached hydrogen (secondary N) is 1. The van der Waals surface area contributed by atoms with E-state index in [1.165, 1.54) is 19.9 Å². The van der Waals surface area contributed by atoms with Crippen LogP contribution in [0.5, 0.6) is 11.5 Å². The molecule has 0 spiro atoms. The molecule has 0 fully saturated rings. The zero-order valence-corrected chi connectivity index (χ0v) is 20.1. The number of aliphatic hydroxyl groups is 1. The van der Waals surface area contributed by atoms with Crippen LogP contribution in [0.3, 0.4) is 0 Å². The van der Waals surface area contributed by atoms with Crippen molar-refractivity contribution in [3.05, 3.63) is 63.3 Å². The Hall–Kier alpha value is -3.99. The van der Waals surface area contributed by atoms with Crippen molar-refractivity contribution in [2.24, 2.45) is 5.18 Å². The lowest BCUT2D eigenvalue weighted by Crippen LogP contribution is -2.36. The van der Waals surface area contributed by atoms with Crippen molar-refractivity contribution in [1.29, 1.82) is 0 Å². The second-order valence-corrected chi connectivity index (χ2v) is 8.21. The molecule has 0 unspecified atom stereocenters. The third-order valence-electron chi connectivity index (χ3n) is 4.48. The molecule has 0 radical (unpaired) electrons. The molecule has 37 heavy (non-hydrogen) atoms. The molecule has 0 saturated heterocycles. The molecule has 198 valence electrons. The average Bonchev–Trinajstić information content (AvgIpc) is 2.83. The van der Waals surface area contributed by atoms with Crippen molar-refractivity contribution in [2.75, 3.05) is 19.8 Å². The summed E-state index contributed by atoms with van der Waals surface area (Å²) in [4.78, 5) is 44.9. The summed E-state index contributed by atoms with van der Waals surface area (Å²) >= 11 is 0. The summed E-state index contributed by atoms with van der Waals surface area (Å²) in [7, 11) is 0. The van der Waals surface area contributed by atoms with Crippen LogP contribution in [-0.2, 0) is 21.0 Å². The fourth-order valence-electron chi connectivity index (χ4n) is 2.72. The lowest BCUT2D eigenvalue weighted by atomic mass is 10.1. The molecular formula is C24H24F3N3O7. The summed E-state index contributed by atoms with van der Waals surface area (Å²) in [6.45, 7) is 2.21. The third-order valence-corrected chi connectivity index (χ3v) is 4.48. The maximum absolute atomic E-state index is 15.2. The number of nitroso groups, excluding NO2 is 1. The molecule has 0 bridgehead atoms. The Bertz CT molecular complexity index is 1210. The molecule has 2 aromatic carbocycles. The van der Waals surface area contributed by atoms with Gasteiger partial charge in [-0.15, -0.1) is 6.42 Å². The van der Waals surface area contributed by atoms with Crippen LogP contribution in [0.4, 0.5) is 13.2 Å². The smallest absolute Gasteiger partial charge is 0.278 e. The predicted molar refractivity (Wildman–Crippen MR) is 123 cm³/mol. The SMILES string of the molecule is C#Cc1ccc(Oc2c(C(=O)NOCCN=O)cc(CN(OCC(C)(C)O)C(C)=O)c(F)c2F)c(F)c1. The number of amides is 2. The van der Waals surface area contributed by atoms with Crippen LogP contribution in [0.1, 0.15) is 42.3 Å². The number of benzene rings is 2. The number of halogens is 3. The molecule has 0 heterocycles. The summed E-state index contributed by atoms with van der Waals surface area (Å²) in [5.41, 5.74) is -0.443. The Kier molecular flexibility index (Phi) is 10.1. The quantitative estimate of drug-likeness (QED) is 0.189. The van der Waals surface area contributed by atoms with Gasteiger partial charge in [0, 0.05) is 18.1 Å². The second kappa shape index (κ2) is 12.8. The summed E-state index contributed by atoms with van der Waals surface area (Å²) in [6, 6.07) is 4.10. The number of nitrogens with zero attached hydrogens (tertiary/aromatic N) is 2. The van der Waals surface area contributed by atoms with Gasteiger partial charge in [-0.2, -0.15) is 9.30 Å². The van der Waals surface area contributed by atoms with Gasteiger partial charge < -0.3 is 9.84 Å². The number of hydrogen-bond donors (Lipinski definition) is 2. The minimum absolute atomic E-state index is 0.150. The van der Waals surface area contributed by atoms with E-state index in [1.54, 1.807) is 0 Å². The van der Waals surface area contributed by atoms with E-state index in [0.29, 0.717) is 5.06 Å². The number of carbonyl (C=O) groups excluding carboxylic acids is 2. The topological polar surface area (TPSA) is 127 Å². The van der Waals surface area contributed by atoms with E-state index in [0.717, 1.165) is 25.1 Å². The Labute approximate surface area is 210 Å². The number of hydrogen-bond acceptors (Lipinski definition) is 8. The maximum atomic E-state index is 15.2. The fraction of sp³-hybridized carbons (Fsp3) is 0.333. The zero-order valence-electron chi connectivity index (χ0n) is 20.1. The number of terminal acetylenes is 1. The molecule has 2 N–H and O–H groups in total. The van der Waals surface area contributed by atoms with E-state index < -0.39 is 64.0 Å². The van der Waals surface area contributed by atoms with Crippen LogP contribution in [0.15, 0.2) is 29.4 Å². The Balaban J connectivity index is 2.51. The van der Waals surface area contributed by atoms with Gasteiger partial charge in [-0.1, -0.05) is 11.1 Å². The molecule has 0 atom stereocenters. The first-order valence-electron chi connectivity index (χ1n) is 10.7. The average molecular weight is 523 g/mol. The molecule has 0 saturated carbocycles. The zero-order chi connectivity index (χ0) is 27.8. The van der Waals surface area contributed by atoms with Crippen LogP contribution in [0.2, 0.25) is 0 Å². The van der Waals surface area contributed by atoms with Gasteiger partial charge in [0.05, 0.1) is 24.3 Å². The first-order valence-corrected chi connectivity index (χ1v) is 10.7. The monoisotopic (exact) mass is 523 g/mol. The molecule has 2 aromatic rings. The molecule has 13 heteroatoms. The van der Waals surface area contributed by atoms with E-state index in [-0.39, 0.29) is 25.3 Å². The normalized spacial score (nSPS) is 11.0. The highest BCUT2D eigenvalue weighted by Crippen LogP contribution is 2.34. The summed E-state index contributed by atoms with van der Waals surface area (Å²) in [5.74, 6) is -5.42. The van der Waals surface area contributed by atoms with Gasteiger partial charge in [0.1, 0.15) is 13.2 Å². The molecule has 0 aliphatic rings. The largest absolute Gasteiger partial charge is 0.450 e. The first kappa shape index (κ1) is 29.2. The van der Waals surface area contributed by atoms with Gasteiger partial charge in [-0.25, -0.2) is 19.3 Å². The Morgan fingerprint density at radius 2 is 1.92 bits per heavy atom. The van der Waals surface area contributed by atoms with Crippen molar-refractivity contribution in [1.82, 2.24) is 10.5 Å². The van der Waals surface area contributed by atoms with E-state index in [4.69, 9.17) is 20.8 Å². The van der Waals surface area contributed by atoms with E-state index in [2.05, 4.69) is 11.1 Å². The minimum atomic E-state index is -1.68. The van der Waals surface area contributed by atoms with Gasteiger partial charge in [-0.3, -0.25) is 19.3 Å². The van der Waals surface area contributed by atoms with Gasteiger partial charge in [0.2, 0.25) is 11.7 Å². The minimum Gasteiger partial charge on any atom is -0.450 e. The molecule has 2 amide bonds. The number of ether oxygens (including phenoxy) is 1. The van der Waals surface area contributed by atoms with Crippen molar-refractivity contribution >= 4 is 11.8 Å².